The van der Waals surface area contributed by atoms with E-state index in [1.54, 1.807) is 7.11 Å². The van der Waals surface area contributed by atoms with Gasteiger partial charge in [0.25, 0.3) is 5.91 Å². The van der Waals surface area contributed by atoms with Crippen LogP contribution in [0.25, 0.3) is 32.6 Å². The molecular weight excluding hydrogens is 470 g/mol. The maximum absolute atomic E-state index is 13.0. The third-order valence-electron chi connectivity index (χ3n) is 5.96. The molecular formula is C26H24ClN3O3S. The van der Waals surface area contributed by atoms with E-state index in [9.17, 15) is 4.79 Å². The number of methoxy groups -OCH3 is 1. The van der Waals surface area contributed by atoms with Crippen LogP contribution in [0.5, 0.6) is 5.75 Å². The van der Waals surface area contributed by atoms with Crippen molar-refractivity contribution in [3.05, 3.63) is 64.5 Å². The molecule has 0 unspecified atom stereocenters. The van der Waals surface area contributed by atoms with Crippen molar-refractivity contribution in [2.45, 2.75) is 18.9 Å². The van der Waals surface area contributed by atoms with E-state index in [-0.39, 0.29) is 12.0 Å². The second-order valence-electron chi connectivity index (χ2n) is 8.16. The summed E-state index contributed by atoms with van der Waals surface area (Å²) >= 11 is 7.39. The number of nitrogens with zero attached hydrogens (tertiary/aromatic N) is 1. The van der Waals surface area contributed by atoms with Crippen LogP contribution in [-0.4, -0.2) is 37.3 Å². The zero-order valence-corrected chi connectivity index (χ0v) is 20.2. The lowest BCUT2D eigenvalue weighted by atomic mass is 9.99. The number of carbonyl (C=O) groups is 1. The smallest absolute Gasteiger partial charge is 0.263 e. The monoisotopic (exact) mass is 493 g/mol. The maximum Gasteiger partial charge on any atom is 0.263 e. The Hall–Kier alpha value is -3.13. The third-order valence-corrected chi connectivity index (χ3v) is 7.31. The molecule has 1 saturated heterocycles. The summed E-state index contributed by atoms with van der Waals surface area (Å²) in [6, 6.07) is 17.3. The average molecular weight is 494 g/mol. The lowest BCUT2D eigenvalue weighted by Gasteiger charge is -2.11. The van der Waals surface area contributed by atoms with Crippen LogP contribution in [0.3, 0.4) is 0 Å². The summed E-state index contributed by atoms with van der Waals surface area (Å²) in [4.78, 5) is 19.1. The van der Waals surface area contributed by atoms with E-state index in [1.165, 1.54) is 11.3 Å². The third kappa shape index (κ3) is 4.46. The van der Waals surface area contributed by atoms with Gasteiger partial charge in [0, 0.05) is 29.1 Å². The molecule has 4 aromatic rings. The zero-order valence-electron chi connectivity index (χ0n) is 18.6. The second kappa shape index (κ2) is 9.62. The van der Waals surface area contributed by atoms with E-state index >= 15 is 0 Å². The van der Waals surface area contributed by atoms with Crippen LogP contribution < -0.4 is 15.8 Å². The van der Waals surface area contributed by atoms with Crippen molar-refractivity contribution in [1.82, 2.24) is 10.3 Å². The molecule has 0 spiro atoms. The predicted octanol–water partition coefficient (Wildman–Crippen LogP) is 5.78. The number of nitrogen functional groups attached to an aromatic ring is 1. The highest BCUT2D eigenvalue weighted by Crippen LogP contribution is 2.41. The minimum Gasteiger partial charge on any atom is -0.497 e. The highest BCUT2D eigenvalue weighted by atomic mass is 35.5. The Morgan fingerprint density at radius 1 is 1.21 bits per heavy atom. The fourth-order valence-electron chi connectivity index (χ4n) is 4.15. The first-order chi connectivity index (χ1) is 16.5. The van der Waals surface area contributed by atoms with Gasteiger partial charge < -0.3 is 20.5 Å². The molecule has 5 rings (SSSR count). The zero-order chi connectivity index (χ0) is 23.7. The van der Waals surface area contributed by atoms with Gasteiger partial charge in [-0.1, -0.05) is 35.9 Å². The topological polar surface area (TPSA) is 86.5 Å². The summed E-state index contributed by atoms with van der Waals surface area (Å²) in [5.74, 6) is 0.559. The lowest BCUT2D eigenvalue weighted by molar-refractivity contribution is 0.0862. The number of amides is 1. The van der Waals surface area contributed by atoms with Crippen LogP contribution in [0, 0.1) is 0 Å². The molecule has 0 radical (unpaired) electrons. The molecule has 34 heavy (non-hydrogen) atoms. The Bertz CT molecular complexity index is 1330. The molecule has 3 heterocycles. The number of nitrogens with one attached hydrogen (secondary N) is 1. The SMILES string of the molecule is COc1ccc(-c2cc(-c3ccc(Cl)cc3)nc3sc(C(=O)NC[C@@H]4CCCO4)c(N)c23)cc1. The van der Waals surface area contributed by atoms with Crippen LogP contribution in [0.15, 0.2) is 54.6 Å². The average Bonchev–Trinajstić information content (AvgIpc) is 3.50. The molecule has 1 aliphatic rings. The van der Waals surface area contributed by atoms with E-state index in [1.807, 2.05) is 54.6 Å². The van der Waals surface area contributed by atoms with Crippen molar-refractivity contribution in [2.24, 2.45) is 0 Å². The fourth-order valence-corrected chi connectivity index (χ4v) is 5.31. The second-order valence-corrected chi connectivity index (χ2v) is 9.60. The van der Waals surface area contributed by atoms with Crippen molar-refractivity contribution in [3.8, 4) is 28.1 Å². The minimum absolute atomic E-state index is 0.0593. The number of benzene rings is 2. The Morgan fingerprint density at radius 3 is 2.62 bits per heavy atom. The molecule has 0 aliphatic carbocycles. The van der Waals surface area contributed by atoms with E-state index in [0.29, 0.717) is 27.0 Å². The van der Waals surface area contributed by atoms with Crippen LogP contribution in [0.4, 0.5) is 5.69 Å². The molecule has 2 aromatic carbocycles. The Balaban J connectivity index is 1.60. The number of rotatable bonds is 6. The summed E-state index contributed by atoms with van der Waals surface area (Å²) in [5, 5.41) is 4.41. The lowest BCUT2D eigenvalue weighted by Crippen LogP contribution is -2.31. The van der Waals surface area contributed by atoms with Crippen LogP contribution in [-0.2, 0) is 4.74 Å². The number of anilines is 1. The normalized spacial score (nSPS) is 15.5. The Labute approximate surface area is 206 Å². The summed E-state index contributed by atoms with van der Waals surface area (Å²) in [7, 11) is 1.64. The number of aromatic nitrogens is 1. The number of halogens is 1. The molecule has 1 aliphatic heterocycles. The molecule has 3 N–H and O–H groups in total. The predicted molar refractivity (Wildman–Crippen MR) is 138 cm³/mol. The van der Waals surface area contributed by atoms with Crippen molar-refractivity contribution in [3.63, 3.8) is 0 Å². The molecule has 8 heteroatoms. The van der Waals surface area contributed by atoms with Gasteiger partial charge in [0.05, 0.1) is 24.6 Å². The van der Waals surface area contributed by atoms with Gasteiger partial charge in [0.2, 0.25) is 0 Å². The molecule has 0 saturated carbocycles. The molecule has 174 valence electrons. The highest BCUT2D eigenvalue weighted by molar-refractivity contribution is 7.21. The number of carbonyl (C=O) groups excluding carboxylic acids is 1. The number of hydrogen-bond acceptors (Lipinski definition) is 6. The number of thiophene rings is 1. The van der Waals surface area contributed by atoms with E-state index in [2.05, 4.69) is 5.32 Å². The fraction of sp³-hybridized carbons (Fsp3) is 0.231. The quantitative estimate of drug-likeness (QED) is 0.355. The Morgan fingerprint density at radius 2 is 1.94 bits per heavy atom. The highest BCUT2D eigenvalue weighted by Gasteiger charge is 2.23. The van der Waals surface area contributed by atoms with Gasteiger partial charge in [-0.2, -0.15) is 0 Å². The van der Waals surface area contributed by atoms with Gasteiger partial charge in [-0.05, 0) is 54.3 Å². The van der Waals surface area contributed by atoms with Crippen molar-refractivity contribution in [1.29, 1.82) is 0 Å². The summed E-state index contributed by atoms with van der Waals surface area (Å²) < 4.78 is 10.9. The van der Waals surface area contributed by atoms with Gasteiger partial charge in [0.1, 0.15) is 15.5 Å². The number of fused-ring (bicyclic) bond motifs is 1. The molecule has 6 nitrogen and oxygen atoms in total. The maximum atomic E-state index is 13.0. The molecule has 2 aromatic heterocycles. The number of pyridine rings is 1. The molecule has 0 bridgehead atoms. The van der Waals surface area contributed by atoms with Crippen molar-refractivity contribution >= 4 is 44.7 Å². The van der Waals surface area contributed by atoms with Gasteiger partial charge in [-0.25, -0.2) is 4.98 Å². The van der Waals surface area contributed by atoms with E-state index in [4.69, 9.17) is 31.8 Å². The first-order valence-corrected chi connectivity index (χ1v) is 12.3. The Kier molecular flexibility index (Phi) is 6.41. The van der Waals surface area contributed by atoms with Crippen LogP contribution >= 0.6 is 22.9 Å². The first-order valence-electron chi connectivity index (χ1n) is 11.1. The molecule has 1 fully saturated rings. The first kappa shape index (κ1) is 22.7. The molecule has 1 amide bonds. The standard InChI is InChI=1S/C26H24ClN3O3S/c1-32-18-10-6-15(7-11-18)20-13-21(16-4-8-17(27)9-5-16)30-26-22(20)23(28)24(34-26)25(31)29-14-19-3-2-12-33-19/h4-11,13,19H,2-3,12,14,28H2,1H3,(H,29,31)/t19-/m0/s1. The largest absolute Gasteiger partial charge is 0.497 e. The number of hydrogen-bond donors (Lipinski definition) is 2. The minimum atomic E-state index is -0.204. The van der Waals surface area contributed by atoms with Gasteiger partial charge in [-0.15, -0.1) is 11.3 Å². The van der Waals surface area contributed by atoms with Gasteiger partial charge in [-0.3, -0.25) is 4.79 Å². The van der Waals surface area contributed by atoms with Crippen LogP contribution in [0.2, 0.25) is 5.02 Å². The van der Waals surface area contributed by atoms with Crippen LogP contribution in [0.1, 0.15) is 22.5 Å². The van der Waals surface area contributed by atoms with Gasteiger partial charge >= 0.3 is 0 Å². The van der Waals surface area contributed by atoms with Crippen molar-refractivity contribution < 1.29 is 14.3 Å². The summed E-state index contributed by atoms with van der Waals surface area (Å²) in [6.07, 6.45) is 2.04. The van der Waals surface area contributed by atoms with E-state index < -0.39 is 0 Å². The van der Waals surface area contributed by atoms with E-state index in [0.717, 1.165) is 53.0 Å². The van der Waals surface area contributed by atoms with Gasteiger partial charge in [0.15, 0.2) is 0 Å². The summed E-state index contributed by atoms with van der Waals surface area (Å²) in [5.41, 5.74) is 10.6. The number of nitrogens with two attached hydrogens (primary N) is 1. The van der Waals surface area contributed by atoms with Crippen molar-refractivity contribution in [2.75, 3.05) is 26.0 Å². The number of ether oxygens (including phenoxy) is 2. The molecule has 1 atom stereocenters. The summed E-state index contributed by atoms with van der Waals surface area (Å²) in [6.45, 7) is 1.22.